The smallest absolute Gasteiger partial charge is 0.277 e. The molecule has 1 aliphatic rings. The van der Waals surface area contributed by atoms with Gasteiger partial charge in [-0.2, -0.15) is 0 Å². The van der Waals surface area contributed by atoms with Crippen molar-refractivity contribution in [2.24, 2.45) is 0 Å². The van der Waals surface area contributed by atoms with Crippen LogP contribution >= 0.6 is 0 Å². The van der Waals surface area contributed by atoms with Crippen LogP contribution in [0.15, 0.2) is 54.9 Å². The molecule has 0 spiro atoms. The van der Waals surface area contributed by atoms with Crippen LogP contribution in [-0.4, -0.2) is 44.9 Å². The molecule has 3 aromatic rings. The molecular formula is C20H21N7O2. The van der Waals surface area contributed by atoms with Gasteiger partial charge in [-0.05, 0) is 50.2 Å². The predicted octanol–water partition coefficient (Wildman–Crippen LogP) is 2.10. The Balaban J connectivity index is 1.35. The van der Waals surface area contributed by atoms with Crippen molar-refractivity contribution in [3.8, 4) is 0 Å². The number of nitrogens with zero attached hydrogens (tertiary/aromatic N) is 4. The quantitative estimate of drug-likeness (QED) is 0.614. The van der Waals surface area contributed by atoms with Crippen LogP contribution in [0.4, 0.5) is 11.5 Å². The molecule has 0 saturated carbocycles. The van der Waals surface area contributed by atoms with Crippen molar-refractivity contribution in [2.45, 2.75) is 18.9 Å². The molecule has 0 bridgehead atoms. The molecule has 2 aromatic heterocycles. The minimum atomic E-state index is -0.354. The Morgan fingerprint density at radius 1 is 1.00 bits per heavy atom. The number of benzene rings is 1. The van der Waals surface area contributed by atoms with Gasteiger partial charge in [0, 0.05) is 5.56 Å². The molecule has 0 radical (unpaired) electrons. The zero-order valence-electron chi connectivity index (χ0n) is 15.7. The van der Waals surface area contributed by atoms with E-state index < -0.39 is 0 Å². The third-order valence-electron chi connectivity index (χ3n) is 4.72. The van der Waals surface area contributed by atoms with Gasteiger partial charge in [-0.15, -0.1) is 5.10 Å². The number of hydrogen-bond donors (Lipinski definition) is 3. The highest BCUT2D eigenvalue weighted by Gasteiger charge is 2.19. The number of amides is 2. The molecule has 1 saturated heterocycles. The number of piperidine rings is 1. The molecular weight excluding hydrogens is 370 g/mol. The van der Waals surface area contributed by atoms with Crippen LogP contribution in [0.5, 0.6) is 0 Å². The summed E-state index contributed by atoms with van der Waals surface area (Å²) in [5.74, 6) is -0.203. The van der Waals surface area contributed by atoms with Crippen molar-refractivity contribution in [3.05, 3.63) is 66.1 Å². The Bertz CT molecular complexity index is 980. The molecule has 1 fully saturated rings. The molecule has 1 aromatic carbocycles. The molecule has 3 N–H and O–H groups in total. The molecule has 9 heteroatoms. The summed E-state index contributed by atoms with van der Waals surface area (Å²) in [6.07, 6.45) is 5.08. The maximum atomic E-state index is 12.4. The summed E-state index contributed by atoms with van der Waals surface area (Å²) in [5, 5.41) is 16.8. The van der Waals surface area contributed by atoms with Crippen LogP contribution in [0.3, 0.4) is 0 Å². The molecule has 9 nitrogen and oxygen atoms in total. The fraction of sp³-hybridized carbons (Fsp3) is 0.250. The van der Waals surface area contributed by atoms with Crippen LogP contribution in [0, 0.1) is 0 Å². The van der Waals surface area contributed by atoms with E-state index in [1.165, 1.54) is 6.20 Å². The van der Waals surface area contributed by atoms with Gasteiger partial charge in [-0.3, -0.25) is 9.59 Å². The van der Waals surface area contributed by atoms with E-state index >= 15 is 0 Å². The van der Waals surface area contributed by atoms with Crippen LogP contribution in [-0.2, 0) is 0 Å². The number of anilines is 2. The zero-order valence-corrected chi connectivity index (χ0v) is 15.7. The average molecular weight is 391 g/mol. The van der Waals surface area contributed by atoms with Gasteiger partial charge in [0.2, 0.25) is 0 Å². The van der Waals surface area contributed by atoms with Crippen LogP contribution < -0.4 is 16.0 Å². The Kier molecular flexibility index (Phi) is 5.57. The van der Waals surface area contributed by atoms with Crippen LogP contribution in [0.1, 0.15) is 39.7 Å². The lowest BCUT2D eigenvalue weighted by atomic mass is 10.1. The van der Waals surface area contributed by atoms with Crippen molar-refractivity contribution in [1.29, 1.82) is 0 Å². The molecule has 148 valence electrons. The molecule has 29 heavy (non-hydrogen) atoms. The minimum Gasteiger partial charge on any atom is -0.319 e. The van der Waals surface area contributed by atoms with Gasteiger partial charge >= 0.3 is 0 Å². The van der Waals surface area contributed by atoms with Crippen molar-refractivity contribution in [3.63, 3.8) is 0 Å². The lowest BCUT2D eigenvalue weighted by molar-refractivity contribution is 0.101. The lowest BCUT2D eigenvalue weighted by Gasteiger charge is -2.22. The first-order chi connectivity index (χ1) is 14.2. The number of aromatic nitrogens is 4. The monoisotopic (exact) mass is 391 g/mol. The Morgan fingerprint density at radius 2 is 1.79 bits per heavy atom. The average Bonchev–Trinajstić information content (AvgIpc) is 3.27. The lowest BCUT2D eigenvalue weighted by Crippen LogP contribution is -2.29. The number of rotatable bonds is 5. The van der Waals surface area contributed by atoms with Crippen molar-refractivity contribution in [1.82, 2.24) is 25.3 Å². The van der Waals surface area contributed by atoms with E-state index in [-0.39, 0.29) is 23.6 Å². The Labute approximate surface area is 167 Å². The fourth-order valence-corrected chi connectivity index (χ4v) is 3.15. The van der Waals surface area contributed by atoms with Gasteiger partial charge in [0.05, 0.1) is 24.1 Å². The third kappa shape index (κ3) is 4.64. The minimum absolute atomic E-state index is 0.246. The SMILES string of the molecule is O=C(Nc1ccc(NC(=O)c2cn(C3CCNCC3)nn2)cn1)c1ccccc1. The van der Waals surface area contributed by atoms with E-state index in [1.54, 1.807) is 47.3 Å². The molecule has 2 amide bonds. The van der Waals surface area contributed by atoms with Crippen LogP contribution in [0.2, 0.25) is 0 Å². The fourth-order valence-electron chi connectivity index (χ4n) is 3.15. The summed E-state index contributed by atoms with van der Waals surface area (Å²) in [5.41, 5.74) is 1.30. The van der Waals surface area contributed by atoms with Crippen molar-refractivity contribution >= 4 is 23.3 Å². The topological polar surface area (TPSA) is 114 Å². The number of nitrogens with one attached hydrogen (secondary N) is 3. The number of hydrogen-bond acceptors (Lipinski definition) is 6. The summed E-state index contributed by atoms with van der Waals surface area (Å²) >= 11 is 0. The highest BCUT2D eigenvalue weighted by molar-refractivity contribution is 6.04. The number of carbonyl (C=O) groups is 2. The van der Waals surface area contributed by atoms with Gasteiger partial charge in [0.15, 0.2) is 5.69 Å². The number of pyridine rings is 1. The second-order valence-corrected chi connectivity index (χ2v) is 6.77. The summed E-state index contributed by atoms with van der Waals surface area (Å²) < 4.78 is 1.76. The maximum absolute atomic E-state index is 12.4. The molecule has 0 aliphatic carbocycles. The van der Waals surface area contributed by atoms with E-state index in [0.29, 0.717) is 17.1 Å². The first-order valence-electron chi connectivity index (χ1n) is 9.45. The molecule has 3 heterocycles. The van der Waals surface area contributed by atoms with Gasteiger partial charge in [-0.25, -0.2) is 9.67 Å². The summed E-state index contributed by atoms with van der Waals surface area (Å²) in [7, 11) is 0. The van der Waals surface area contributed by atoms with Gasteiger partial charge in [0.25, 0.3) is 11.8 Å². The van der Waals surface area contributed by atoms with Gasteiger partial charge in [0.1, 0.15) is 5.82 Å². The van der Waals surface area contributed by atoms with E-state index in [4.69, 9.17) is 0 Å². The Morgan fingerprint density at radius 3 is 2.52 bits per heavy atom. The van der Waals surface area contributed by atoms with E-state index in [0.717, 1.165) is 25.9 Å². The summed E-state index contributed by atoms with van der Waals surface area (Å²) in [6.45, 7) is 1.87. The highest BCUT2D eigenvalue weighted by Crippen LogP contribution is 2.18. The van der Waals surface area contributed by atoms with E-state index in [2.05, 4.69) is 31.2 Å². The molecule has 0 atom stereocenters. The Hall–Kier alpha value is -3.59. The molecule has 0 unspecified atom stereocenters. The van der Waals surface area contributed by atoms with E-state index in [9.17, 15) is 9.59 Å². The normalized spacial score (nSPS) is 14.3. The van der Waals surface area contributed by atoms with Crippen molar-refractivity contribution in [2.75, 3.05) is 23.7 Å². The highest BCUT2D eigenvalue weighted by atomic mass is 16.2. The molecule has 1 aliphatic heterocycles. The first-order valence-corrected chi connectivity index (χ1v) is 9.45. The third-order valence-corrected chi connectivity index (χ3v) is 4.72. The van der Waals surface area contributed by atoms with Crippen molar-refractivity contribution < 1.29 is 9.59 Å². The maximum Gasteiger partial charge on any atom is 0.277 e. The predicted molar refractivity (Wildman–Crippen MR) is 108 cm³/mol. The van der Waals surface area contributed by atoms with E-state index in [1.807, 2.05) is 6.07 Å². The van der Waals surface area contributed by atoms with Gasteiger partial charge in [-0.1, -0.05) is 23.4 Å². The largest absolute Gasteiger partial charge is 0.319 e. The standard InChI is InChI=1S/C20H21N7O2/c28-19(14-4-2-1-3-5-14)24-18-7-6-15(12-22-18)23-20(29)17-13-27(26-25-17)16-8-10-21-11-9-16/h1-7,12-13,16,21H,8-11H2,(H,23,29)(H,22,24,28). The summed E-state index contributed by atoms with van der Waals surface area (Å²) in [4.78, 5) is 28.7. The second kappa shape index (κ2) is 8.61. The molecule has 4 rings (SSSR count). The zero-order chi connectivity index (χ0) is 20.1. The van der Waals surface area contributed by atoms with Gasteiger partial charge < -0.3 is 16.0 Å². The first kappa shape index (κ1) is 18.8. The second-order valence-electron chi connectivity index (χ2n) is 6.77. The number of carbonyl (C=O) groups excluding carboxylic acids is 2. The van der Waals surface area contributed by atoms with Crippen LogP contribution in [0.25, 0.3) is 0 Å². The summed E-state index contributed by atoms with van der Waals surface area (Å²) in [6, 6.07) is 12.4.